The van der Waals surface area contributed by atoms with Crippen LogP contribution >= 0.6 is 0 Å². The van der Waals surface area contributed by atoms with Gasteiger partial charge < -0.3 is 24.8 Å². The second-order valence-corrected chi connectivity index (χ2v) is 4.79. The minimum Gasteiger partial charge on any atom is -1.00 e. The molecule has 1 aliphatic carbocycles. The van der Waals surface area contributed by atoms with Crippen LogP contribution in [0.5, 0.6) is 11.5 Å². The first-order valence-corrected chi connectivity index (χ1v) is 6.60. The van der Waals surface area contributed by atoms with E-state index in [1.54, 1.807) is 0 Å². The number of para-hydroxylation sites is 2. The second kappa shape index (κ2) is 9.49. The quantitative estimate of drug-likeness (QED) is 0.558. The predicted octanol–water partition coefficient (Wildman–Crippen LogP) is -2.42. The number of ether oxygens (including phenoxy) is 2. The van der Waals surface area contributed by atoms with Crippen LogP contribution in [0.25, 0.3) is 0 Å². The fraction of sp³-hybridized carbons (Fsp3) is 0.286. The molecule has 1 aromatic carbocycles. The summed E-state index contributed by atoms with van der Waals surface area (Å²) in [6.07, 6.45) is 6.11. The standard InChI is InChI=1S/C14H15O2.2ClH.Ti/c1-2-11-15-13-9-5-6-10-14(13)16-12-7-3-4-8-12;;;/h3,5-7,9-10H,2,4,11H2,1H3;2*1H;/q;;;+2/p-2. The van der Waals surface area contributed by atoms with Gasteiger partial charge in [-0.15, -0.1) is 0 Å². The van der Waals surface area contributed by atoms with E-state index in [-0.39, 0.29) is 24.8 Å². The van der Waals surface area contributed by atoms with E-state index < -0.39 is 0 Å². The van der Waals surface area contributed by atoms with Gasteiger partial charge in [0.1, 0.15) is 0 Å². The van der Waals surface area contributed by atoms with E-state index >= 15 is 0 Å². The van der Waals surface area contributed by atoms with Gasteiger partial charge in [-0.2, -0.15) is 0 Å². The fourth-order valence-corrected chi connectivity index (χ4v) is 1.96. The first kappa shape index (κ1) is 18.6. The molecule has 0 bridgehead atoms. The molecular formula is C14H15Cl2O2Ti. The van der Waals surface area contributed by atoms with Gasteiger partial charge in [-0.1, -0.05) is 0 Å². The van der Waals surface area contributed by atoms with Crippen molar-refractivity contribution < 1.29 is 54.7 Å². The van der Waals surface area contributed by atoms with Crippen LogP contribution < -0.4 is 34.3 Å². The van der Waals surface area contributed by atoms with Gasteiger partial charge in [-0.05, 0) is 0 Å². The van der Waals surface area contributed by atoms with Crippen LogP contribution in [0.1, 0.15) is 19.8 Å². The topological polar surface area (TPSA) is 18.5 Å². The Hall–Kier alpha value is -0.406. The molecule has 0 fully saturated rings. The summed E-state index contributed by atoms with van der Waals surface area (Å²) in [5.74, 6) is 2.55. The van der Waals surface area contributed by atoms with Gasteiger partial charge >= 0.3 is 114 Å². The molecule has 0 radical (unpaired) electrons. The number of hydrogen-bond acceptors (Lipinski definition) is 2. The van der Waals surface area contributed by atoms with Gasteiger partial charge in [-0.3, -0.25) is 0 Å². The van der Waals surface area contributed by atoms with Crippen molar-refractivity contribution in [1.82, 2.24) is 0 Å². The number of benzene rings is 1. The van der Waals surface area contributed by atoms with Crippen molar-refractivity contribution in [3.8, 4) is 11.5 Å². The number of rotatable bonds is 5. The van der Waals surface area contributed by atoms with Gasteiger partial charge in [0.2, 0.25) is 0 Å². The van der Waals surface area contributed by atoms with Crippen LogP contribution in [0.15, 0.2) is 46.1 Å². The molecule has 19 heavy (non-hydrogen) atoms. The zero-order valence-electron chi connectivity index (χ0n) is 10.7. The van der Waals surface area contributed by atoms with Crippen LogP contribution in [-0.2, 0) is 20.4 Å². The zero-order chi connectivity index (χ0) is 12.1. The number of allylic oxidation sites excluding steroid dienone is 3. The molecule has 2 nitrogen and oxygen atoms in total. The van der Waals surface area contributed by atoms with Crippen LogP contribution in [0.2, 0.25) is 0 Å². The Balaban J connectivity index is 0.00000162. The molecule has 0 unspecified atom stereocenters. The molecule has 101 valence electrons. The molecule has 0 amide bonds. The summed E-state index contributed by atoms with van der Waals surface area (Å²) in [5, 5.41) is 0. The zero-order valence-corrected chi connectivity index (χ0v) is 13.7. The average Bonchev–Trinajstić information content (AvgIpc) is 2.74. The second-order valence-electron chi connectivity index (χ2n) is 3.85. The van der Waals surface area contributed by atoms with Crippen molar-refractivity contribution in [2.24, 2.45) is 0 Å². The Labute approximate surface area is 138 Å². The van der Waals surface area contributed by atoms with E-state index in [1.807, 2.05) is 30.3 Å². The first-order valence-electron chi connectivity index (χ1n) is 5.82. The third kappa shape index (κ3) is 5.23. The van der Waals surface area contributed by atoms with Gasteiger partial charge in [0.25, 0.3) is 0 Å². The fourth-order valence-electron chi connectivity index (χ4n) is 1.56. The minimum absolute atomic E-state index is 0. The van der Waals surface area contributed by atoms with E-state index in [9.17, 15) is 0 Å². The molecule has 0 spiro atoms. The smallest absolute Gasteiger partial charge is 1.00 e. The van der Waals surface area contributed by atoms with Gasteiger partial charge in [-0.25, -0.2) is 0 Å². The number of hydrogen-bond donors (Lipinski definition) is 0. The number of halogens is 2. The van der Waals surface area contributed by atoms with Gasteiger partial charge in [0.05, 0.1) is 0 Å². The van der Waals surface area contributed by atoms with Crippen molar-refractivity contribution in [3.05, 3.63) is 46.1 Å². The van der Waals surface area contributed by atoms with Crippen molar-refractivity contribution in [2.45, 2.75) is 19.8 Å². The first-order chi connectivity index (χ1) is 8.31. The summed E-state index contributed by atoms with van der Waals surface area (Å²) in [7, 11) is 0. The van der Waals surface area contributed by atoms with Crippen molar-refractivity contribution >= 4 is 0 Å². The van der Waals surface area contributed by atoms with Crippen molar-refractivity contribution in [2.75, 3.05) is 6.61 Å². The largest absolute Gasteiger partial charge is 1.00 e. The maximum atomic E-state index is 5.88. The molecule has 0 heterocycles. The Morgan fingerprint density at radius 3 is 2.42 bits per heavy atom. The maximum Gasteiger partial charge on any atom is -1.00 e. The summed E-state index contributed by atoms with van der Waals surface area (Å²) >= 11 is 2.09. The molecular weight excluding hydrogens is 319 g/mol. The van der Waals surface area contributed by atoms with Crippen LogP contribution in [0, 0.1) is 0 Å². The Morgan fingerprint density at radius 2 is 1.84 bits per heavy atom. The molecule has 0 aliphatic heterocycles. The normalized spacial score (nSPS) is 12.8. The third-order valence-electron chi connectivity index (χ3n) is 2.42. The van der Waals surface area contributed by atoms with Crippen molar-refractivity contribution in [3.63, 3.8) is 0 Å². The molecule has 2 rings (SSSR count). The predicted molar refractivity (Wildman–Crippen MR) is 63.6 cm³/mol. The molecule has 1 aliphatic rings. The molecule has 0 aromatic heterocycles. The average molecular weight is 334 g/mol. The van der Waals surface area contributed by atoms with E-state index in [0.29, 0.717) is 6.61 Å². The third-order valence-corrected chi connectivity index (χ3v) is 3.12. The summed E-state index contributed by atoms with van der Waals surface area (Å²) in [6, 6.07) is 7.81. The van der Waals surface area contributed by atoms with E-state index in [4.69, 9.17) is 9.47 Å². The minimum atomic E-state index is 0. The Kier molecular flexibility index (Phi) is 9.29. The molecule has 0 saturated heterocycles. The van der Waals surface area contributed by atoms with Crippen LogP contribution in [0.3, 0.4) is 0 Å². The molecule has 0 saturated carbocycles. The molecule has 1 aromatic rings. The van der Waals surface area contributed by atoms with Crippen LogP contribution in [0.4, 0.5) is 0 Å². The van der Waals surface area contributed by atoms with E-state index in [0.717, 1.165) is 30.1 Å². The summed E-state index contributed by atoms with van der Waals surface area (Å²) in [4.78, 5) is 0. The molecule has 0 N–H and O–H groups in total. The summed E-state index contributed by atoms with van der Waals surface area (Å²) < 4.78 is 12.8. The monoisotopic (exact) mass is 333 g/mol. The molecule has 5 heteroatoms. The van der Waals surface area contributed by atoms with E-state index in [2.05, 4.69) is 33.4 Å². The summed E-state index contributed by atoms with van der Waals surface area (Å²) in [6.45, 7) is 2.81. The maximum absolute atomic E-state index is 5.88. The van der Waals surface area contributed by atoms with Gasteiger partial charge in [0.15, 0.2) is 0 Å². The van der Waals surface area contributed by atoms with Crippen molar-refractivity contribution in [1.29, 1.82) is 0 Å². The molecule has 0 atom stereocenters. The summed E-state index contributed by atoms with van der Waals surface area (Å²) in [5.41, 5.74) is 0. The van der Waals surface area contributed by atoms with E-state index in [1.165, 1.54) is 3.88 Å². The van der Waals surface area contributed by atoms with Gasteiger partial charge in [0, 0.05) is 0 Å². The SMILES string of the molecule is CCCOc1ccccc1OC1=[C]([Ti+2])CC=C1.[Cl-].[Cl-]. The Bertz CT molecular complexity index is 459. The van der Waals surface area contributed by atoms with Crippen LogP contribution in [-0.4, -0.2) is 6.61 Å². The Morgan fingerprint density at radius 1 is 1.16 bits per heavy atom.